The number of hydrogen-bond acceptors (Lipinski definition) is 10. The summed E-state index contributed by atoms with van der Waals surface area (Å²) >= 11 is 2.09. The molecule has 4 rings (SSSR count). The Hall–Kier alpha value is -2.28. The van der Waals surface area contributed by atoms with Crippen molar-refractivity contribution >= 4 is 62.8 Å². The largest absolute Gasteiger partial charge is 0.497 e. The van der Waals surface area contributed by atoms with Crippen LogP contribution in [0.4, 0.5) is 0 Å². The number of benzene rings is 2. The van der Waals surface area contributed by atoms with E-state index in [-0.39, 0.29) is 26.6 Å². The standard InChI is InChI=1S/C19H18N2O6S4/c1-26-12-4-6-14-16(10-12)28-18(20-14)30(22,23)8-3-9-31(24,25)19-21-15-7-5-13(27-2)11-17(15)29-19/h4-7,10-11H,3,8-9H2,1-2H3. The summed E-state index contributed by atoms with van der Waals surface area (Å²) in [4.78, 5) is 8.36. The molecule has 0 atom stereocenters. The van der Waals surface area contributed by atoms with Crippen molar-refractivity contribution in [3.8, 4) is 11.5 Å². The summed E-state index contributed by atoms with van der Waals surface area (Å²) < 4.78 is 62.4. The number of aromatic nitrogens is 2. The highest BCUT2D eigenvalue weighted by Crippen LogP contribution is 2.31. The van der Waals surface area contributed by atoms with Gasteiger partial charge in [-0.3, -0.25) is 0 Å². The lowest BCUT2D eigenvalue weighted by Gasteiger charge is -2.01. The van der Waals surface area contributed by atoms with Crippen molar-refractivity contribution in [2.24, 2.45) is 0 Å². The molecular weight excluding hydrogens is 480 g/mol. The van der Waals surface area contributed by atoms with Crippen molar-refractivity contribution in [3.63, 3.8) is 0 Å². The van der Waals surface area contributed by atoms with E-state index in [1.807, 2.05) is 0 Å². The number of methoxy groups -OCH3 is 2. The van der Waals surface area contributed by atoms with Gasteiger partial charge < -0.3 is 9.47 Å². The van der Waals surface area contributed by atoms with Gasteiger partial charge in [0.05, 0.1) is 46.2 Å². The Kier molecular flexibility index (Phi) is 5.90. The minimum Gasteiger partial charge on any atom is -0.497 e. The third-order valence-electron chi connectivity index (χ3n) is 4.51. The predicted molar refractivity (Wildman–Crippen MR) is 121 cm³/mol. The molecule has 2 aromatic heterocycles. The molecule has 0 aliphatic carbocycles. The van der Waals surface area contributed by atoms with Crippen molar-refractivity contribution in [1.82, 2.24) is 9.97 Å². The van der Waals surface area contributed by atoms with Gasteiger partial charge in [-0.05, 0) is 42.8 Å². The summed E-state index contributed by atoms with van der Waals surface area (Å²) in [6.45, 7) is 0. The minimum absolute atomic E-state index is 0.0276. The summed E-state index contributed by atoms with van der Waals surface area (Å²) in [5.41, 5.74) is 1.11. The number of hydrogen-bond donors (Lipinski definition) is 0. The molecule has 164 valence electrons. The molecule has 4 aromatic rings. The van der Waals surface area contributed by atoms with E-state index in [1.165, 1.54) is 14.2 Å². The van der Waals surface area contributed by atoms with E-state index in [0.717, 1.165) is 22.7 Å². The molecule has 2 aromatic carbocycles. The lowest BCUT2D eigenvalue weighted by molar-refractivity contribution is 0.415. The first-order valence-corrected chi connectivity index (χ1v) is 14.0. The van der Waals surface area contributed by atoms with E-state index in [4.69, 9.17) is 9.47 Å². The van der Waals surface area contributed by atoms with Gasteiger partial charge in [-0.25, -0.2) is 26.8 Å². The SMILES string of the molecule is COc1ccc2nc(S(=O)(=O)CCCS(=O)(=O)c3nc4ccc(OC)cc4s3)sc2c1. The molecule has 0 amide bonds. The lowest BCUT2D eigenvalue weighted by Crippen LogP contribution is -2.13. The Morgan fingerprint density at radius 1 is 0.742 bits per heavy atom. The molecule has 12 heteroatoms. The maximum atomic E-state index is 12.7. The first kappa shape index (κ1) is 21.9. The number of ether oxygens (including phenoxy) is 2. The van der Waals surface area contributed by atoms with Crippen LogP contribution in [0.1, 0.15) is 6.42 Å². The van der Waals surface area contributed by atoms with Crippen LogP contribution in [0.25, 0.3) is 20.4 Å². The van der Waals surface area contributed by atoms with Crippen molar-refractivity contribution < 1.29 is 26.3 Å². The second kappa shape index (κ2) is 8.34. The normalized spacial score (nSPS) is 12.5. The van der Waals surface area contributed by atoms with Crippen LogP contribution in [0.2, 0.25) is 0 Å². The van der Waals surface area contributed by atoms with Gasteiger partial charge in [-0.15, -0.1) is 22.7 Å². The highest BCUT2D eigenvalue weighted by molar-refractivity contribution is 7.94. The third-order valence-corrected chi connectivity index (χ3v) is 11.1. The van der Waals surface area contributed by atoms with E-state index in [9.17, 15) is 16.8 Å². The second-order valence-electron chi connectivity index (χ2n) is 6.62. The Morgan fingerprint density at radius 3 is 1.55 bits per heavy atom. The predicted octanol–water partition coefficient (Wildman–Crippen LogP) is 3.56. The van der Waals surface area contributed by atoms with Crippen LogP contribution in [0.5, 0.6) is 11.5 Å². The van der Waals surface area contributed by atoms with Gasteiger partial charge in [0, 0.05) is 0 Å². The van der Waals surface area contributed by atoms with E-state index < -0.39 is 19.7 Å². The van der Waals surface area contributed by atoms with E-state index in [1.54, 1.807) is 36.4 Å². The Balaban J connectivity index is 1.48. The van der Waals surface area contributed by atoms with Crippen LogP contribution < -0.4 is 9.47 Å². The number of rotatable bonds is 8. The van der Waals surface area contributed by atoms with Crippen LogP contribution in [-0.2, 0) is 19.7 Å². The fraction of sp³-hybridized carbons (Fsp3) is 0.263. The van der Waals surface area contributed by atoms with Gasteiger partial charge >= 0.3 is 0 Å². The zero-order valence-electron chi connectivity index (χ0n) is 16.6. The Labute approximate surface area is 187 Å². The summed E-state index contributed by atoms with van der Waals surface area (Å²) in [7, 11) is -4.36. The van der Waals surface area contributed by atoms with Gasteiger partial charge in [-0.2, -0.15) is 0 Å². The Morgan fingerprint density at radius 2 is 1.16 bits per heavy atom. The molecule has 0 bridgehead atoms. The van der Waals surface area contributed by atoms with Crippen LogP contribution in [0.15, 0.2) is 45.1 Å². The molecule has 0 unspecified atom stereocenters. The van der Waals surface area contributed by atoms with E-state index in [2.05, 4.69) is 9.97 Å². The maximum Gasteiger partial charge on any atom is 0.210 e. The topological polar surface area (TPSA) is 113 Å². The fourth-order valence-electron chi connectivity index (χ4n) is 2.90. The molecule has 0 spiro atoms. The van der Waals surface area contributed by atoms with Crippen LogP contribution >= 0.6 is 22.7 Å². The van der Waals surface area contributed by atoms with Gasteiger partial charge in [0.15, 0.2) is 0 Å². The monoisotopic (exact) mass is 498 g/mol. The summed E-state index contributed by atoms with van der Waals surface area (Å²) in [5.74, 6) is 0.586. The Bertz CT molecular complexity index is 1360. The molecule has 0 fully saturated rings. The molecule has 0 N–H and O–H groups in total. The first-order valence-electron chi connectivity index (χ1n) is 9.06. The third kappa shape index (κ3) is 4.52. The van der Waals surface area contributed by atoms with E-state index >= 15 is 0 Å². The molecular formula is C19H18N2O6S4. The van der Waals surface area contributed by atoms with Gasteiger partial charge in [0.2, 0.25) is 28.4 Å². The zero-order chi connectivity index (χ0) is 22.2. The second-order valence-corrected chi connectivity index (χ2v) is 13.2. The van der Waals surface area contributed by atoms with Crippen molar-refractivity contribution in [1.29, 1.82) is 0 Å². The molecule has 8 nitrogen and oxygen atoms in total. The first-order chi connectivity index (χ1) is 14.7. The summed E-state index contributed by atoms with van der Waals surface area (Å²) in [6, 6.07) is 10.2. The van der Waals surface area contributed by atoms with Crippen molar-refractivity contribution in [3.05, 3.63) is 36.4 Å². The highest BCUT2D eigenvalue weighted by atomic mass is 32.2. The van der Waals surface area contributed by atoms with Crippen LogP contribution in [0, 0.1) is 0 Å². The number of nitrogens with zero attached hydrogens (tertiary/aromatic N) is 2. The number of thiazole rings is 2. The fourth-order valence-corrected chi connectivity index (χ4v) is 8.46. The van der Waals surface area contributed by atoms with Crippen molar-refractivity contribution in [2.75, 3.05) is 25.7 Å². The van der Waals surface area contributed by atoms with E-state index in [0.29, 0.717) is 31.9 Å². The van der Waals surface area contributed by atoms with Crippen LogP contribution in [-0.4, -0.2) is 52.5 Å². The summed E-state index contributed by atoms with van der Waals surface area (Å²) in [5, 5.41) is 0. The molecule has 0 saturated carbocycles. The quantitative estimate of drug-likeness (QED) is 0.362. The zero-order valence-corrected chi connectivity index (χ0v) is 19.8. The number of sulfone groups is 2. The van der Waals surface area contributed by atoms with Gasteiger partial charge in [0.25, 0.3) is 0 Å². The molecule has 0 aliphatic heterocycles. The minimum atomic E-state index is -3.71. The van der Waals surface area contributed by atoms with Crippen LogP contribution in [0.3, 0.4) is 0 Å². The molecule has 0 saturated heterocycles. The highest BCUT2D eigenvalue weighted by Gasteiger charge is 2.24. The van der Waals surface area contributed by atoms with Gasteiger partial charge in [0.1, 0.15) is 11.5 Å². The summed E-state index contributed by atoms with van der Waals surface area (Å²) in [6.07, 6.45) is -0.0524. The lowest BCUT2D eigenvalue weighted by atomic mass is 10.3. The molecule has 0 aliphatic rings. The van der Waals surface area contributed by atoms with Gasteiger partial charge in [-0.1, -0.05) is 0 Å². The average molecular weight is 499 g/mol. The van der Waals surface area contributed by atoms with Crippen molar-refractivity contribution in [2.45, 2.75) is 15.1 Å². The molecule has 2 heterocycles. The smallest absolute Gasteiger partial charge is 0.210 e. The average Bonchev–Trinajstić information content (AvgIpc) is 3.37. The molecule has 31 heavy (non-hydrogen) atoms. The maximum absolute atomic E-state index is 12.7. The number of fused-ring (bicyclic) bond motifs is 2. The molecule has 0 radical (unpaired) electrons.